The van der Waals surface area contributed by atoms with Gasteiger partial charge >= 0.3 is 5.97 Å². The summed E-state index contributed by atoms with van der Waals surface area (Å²) in [4.78, 5) is 22.8. The van der Waals surface area contributed by atoms with Crippen LogP contribution in [0.3, 0.4) is 0 Å². The van der Waals surface area contributed by atoms with Crippen molar-refractivity contribution in [2.24, 2.45) is 0 Å². The zero-order chi connectivity index (χ0) is 17.2. The Morgan fingerprint density at radius 3 is 1.83 bits per heavy atom. The summed E-state index contributed by atoms with van der Waals surface area (Å²) < 4.78 is 4.76. The largest absolute Gasteiger partial charge is 0.382 e. The first-order chi connectivity index (χ1) is 11.2. The molecule has 3 nitrogen and oxygen atoms in total. The lowest BCUT2D eigenvalue weighted by Gasteiger charge is -2.03. The van der Waals surface area contributed by atoms with Gasteiger partial charge in [-0.1, -0.05) is 89.8 Å². The third-order valence-corrected chi connectivity index (χ3v) is 5.35. The average Bonchev–Trinajstić information content (AvgIpc) is 2.56. The summed E-state index contributed by atoms with van der Waals surface area (Å²) in [6.45, 7) is 4.27. The van der Waals surface area contributed by atoms with E-state index in [0.29, 0.717) is 18.5 Å². The van der Waals surface area contributed by atoms with Crippen LogP contribution in [0.15, 0.2) is 0 Å². The van der Waals surface area contributed by atoms with Gasteiger partial charge in [0.05, 0.1) is 0 Å². The smallest absolute Gasteiger partial charge is 0.318 e. The summed E-state index contributed by atoms with van der Waals surface area (Å²) in [7, 11) is 0. The van der Waals surface area contributed by atoms with E-state index in [9.17, 15) is 9.59 Å². The highest BCUT2D eigenvalue weighted by Crippen LogP contribution is 2.20. The fourth-order valence-corrected chi connectivity index (χ4v) is 3.52. The average molecular weight is 363 g/mol. The van der Waals surface area contributed by atoms with Gasteiger partial charge in [0, 0.05) is 12.2 Å². The molecule has 0 saturated heterocycles. The third kappa shape index (κ3) is 18.0. The van der Waals surface area contributed by atoms with Gasteiger partial charge < -0.3 is 4.18 Å². The van der Waals surface area contributed by atoms with Gasteiger partial charge in [0.25, 0.3) is 4.45 Å². The van der Waals surface area contributed by atoms with Crippen molar-refractivity contribution in [2.45, 2.75) is 97.3 Å². The molecular formula is C18H34O3S2. The maximum atomic E-state index is 11.5. The second-order valence-electron chi connectivity index (χ2n) is 5.92. The zero-order valence-corrected chi connectivity index (χ0v) is 16.6. The van der Waals surface area contributed by atoms with Crippen molar-refractivity contribution in [3.8, 4) is 0 Å². The van der Waals surface area contributed by atoms with E-state index >= 15 is 0 Å². The van der Waals surface area contributed by atoms with E-state index in [1.165, 1.54) is 69.5 Å². The van der Waals surface area contributed by atoms with Gasteiger partial charge in [0.1, 0.15) is 12.0 Å². The molecule has 0 aromatic rings. The molecule has 0 aromatic carbocycles. The summed E-state index contributed by atoms with van der Waals surface area (Å²) in [6.07, 6.45) is 15.2. The molecule has 0 aliphatic heterocycles. The maximum absolute atomic E-state index is 11.5. The Morgan fingerprint density at radius 1 is 0.739 bits per heavy atom. The lowest BCUT2D eigenvalue weighted by molar-refractivity contribution is -0.133. The van der Waals surface area contributed by atoms with Gasteiger partial charge in [-0.25, -0.2) is 0 Å². The molecule has 0 radical (unpaired) electrons. The SMILES string of the molecule is CCCCCCCCCCCCSC(=O)SOC(=O)CCCC. The van der Waals surface area contributed by atoms with Crippen molar-refractivity contribution in [3.05, 3.63) is 0 Å². The minimum Gasteiger partial charge on any atom is -0.382 e. The highest BCUT2D eigenvalue weighted by molar-refractivity contribution is 8.36. The summed E-state index contributed by atoms with van der Waals surface area (Å²) in [5.41, 5.74) is 0. The molecule has 0 aliphatic rings. The summed E-state index contributed by atoms with van der Waals surface area (Å²) >= 11 is 1.96. The highest BCUT2D eigenvalue weighted by Gasteiger charge is 2.09. The number of hydrogen-bond acceptors (Lipinski definition) is 5. The molecule has 0 unspecified atom stereocenters. The fourth-order valence-electron chi connectivity index (χ4n) is 2.21. The molecule has 0 rings (SSSR count). The normalized spacial score (nSPS) is 10.7. The van der Waals surface area contributed by atoms with E-state index in [0.717, 1.165) is 25.0 Å². The summed E-state index contributed by atoms with van der Waals surface area (Å²) in [5.74, 6) is 0.541. The Hall–Kier alpha value is -0.160. The first-order valence-electron chi connectivity index (χ1n) is 9.24. The lowest BCUT2D eigenvalue weighted by atomic mass is 10.1. The van der Waals surface area contributed by atoms with Crippen LogP contribution in [0.5, 0.6) is 0 Å². The van der Waals surface area contributed by atoms with Crippen LogP contribution in [-0.4, -0.2) is 16.2 Å². The topological polar surface area (TPSA) is 43.4 Å². The first-order valence-corrected chi connectivity index (χ1v) is 11.0. The van der Waals surface area contributed by atoms with E-state index in [2.05, 4.69) is 6.92 Å². The quantitative estimate of drug-likeness (QED) is 0.242. The number of unbranched alkanes of at least 4 members (excludes halogenated alkanes) is 10. The van der Waals surface area contributed by atoms with Gasteiger partial charge in [0.15, 0.2) is 0 Å². The zero-order valence-electron chi connectivity index (χ0n) is 14.9. The molecule has 0 amide bonds. The molecule has 0 atom stereocenters. The Kier molecular flexibility index (Phi) is 18.1. The number of carbonyl (C=O) groups is 2. The van der Waals surface area contributed by atoms with Gasteiger partial charge in [0.2, 0.25) is 0 Å². The molecule has 0 aliphatic carbocycles. The Bertz CT molecular complexity index is 296. The molecule has 0 heterocycles. The van der Waals surface area contributed by atoms with E-state index in [-0.39, 0.29) is 10.4 Å². The van der Waals surface area contributed by atoms with Crippen molar-refractivity contribution in [2.75, 3.05) is 5.75 Å². The first kappa shape index (κ1) is 22.8. The number of thioether (sulfide) groups is 1. The van der Waals surface area contributed by atoms with E-state index < -0.39 is 0 Å². The van der Waals surface area contributed by atoms with Crippen LogP contribution in [0.25, 0.3) is 0 Å². The van der Waals surface area contributed by atoms with Crippen LogP contribution in [0, 0.1) is 0 Å². The maximum Gasteiger partial charge on any atom is 0.318 e. The van der Waals surface area contributed by atoms with Crippen LogP contribution >= 0.6 is 23.8 Å². The van der Waals surface area contributed by atoms with Crippen molar-refractivity contribution < 1.29 is 13.8 Å². The predicted octanol–water partition coefficient (Wildman–Crippen LogP) is 7.14. The van der Waals surface area contributed by atoms with E-state index in [1.807, 2.05) is 6.92 Å². The summed E-state index contributed by atoms with van der Waals surface area (Å²) in [5, 5.41) is 0. The van der Waals surface area contributed by atoms with Gasteiger partial charge in [-0.15, -0.1) is 0 Å². The van der Waals surface area contributed by atoms with Crippen LogP contribution in [0.4, 0.5) is 4.79 Å². The molecule has 0 fully saturated rings. The fraction of sp³-hybridized carbons (Fsp3) is 0.889. The molecule has 0 spiro atoms. The molecule has 0 bridgehead atoms. The molecule has 0 N–H and O–H groups in total. The molecule has 5 heteroatoms. The van der Waals surface area contributed by atoms with Crippen molar-refractivity contribution >= 4 is 34.2 Å². The Morgan fingerprint density at radius 2 is 1.26 bits per heavy atom. The molecule has 136 valence electrons. The van der Waals surface area contributed by atoms with Crippen LogP contribution in [0.1, 0.15) is 97.3 Å². The number of hydrogen-bond donors (Lipinski definition) is 0. The Balaban J connectivity index is 3.25. The summed E-state index contributed by atoms with van der Waals surface area (Å²) in [6, 6.07) is 0. The van der Waals surface area contributed by atoms with Crippen LogP contribution in [-0.2, 0) is 8.98 Å². The van der Waals surface area contributed by atoms with Gasteiger partial charge in [-0.2, -0.15) is 0 Å². The van der Waals surface area contributed by atoms with Crippen LogP contribution in [0.2, 0.25) is 0 Å². The monoisotopic (exact) mass is 362 g/mol. The third-order valence-electron chi connectivity index (χ3n) is 3.65. The highest BCUT2D eigenvalue weighted by atomic mass is 32.2. The van der Waals surface area contributed by atoms with Gasteiger partial charge in [-0.3, -0.25) is 9.59 Å². The van der Waals surface area contributed by atoms with Gasteiger partial charge in [-0.05, 0) is 12.8 Å². The Labute approximate surface area is 151 Å². The van der Waals surface area contributed by atoms with Crippen molar-refractivity contribution in [1.29, 1.82) is 0 Å². The molecule has 23 heavy (non-hydrogen) atoms. The van der Waals surface area contributed by atoms with E-state index in [4.69, 9.17) is 4.18 Å². The molecular weight excluding hydrogens is 328 g/mol. The lowest BCUT2D eigenvalue weighted by Crippen LogP contribution is -1.99. The molecule has 0 saturated carbocycles. The standard InChI is InChI=1S/C18H34O3S2/c1-3-5-7-8-9-10-11-12-13-14-16-22-18(20)23-21-17(19)15-6-4-2/h3-16H2,1-2H3. The minimum atomic E-state index is -0.287. The number of rotatable bonds is 14. The van der Waals surface area contributed by atoms with Crippen LogP contribution < -0.4 is 0 Å². The second kappa shape index (κ2) is 18.2. The van der Waals surface area contributed by atoms with Crippen molar-refractivity contribution in [3.63, 3.8) is 0 Å². The number of carbonyl (C=O) groups excluding carboxylic acids is 2. The predicted molar refractivity (Wildman–Crippen MR) is 103 cm³/mol. The van der Waals surface area contributed by atoms with Crippen molar-refractivity contribution in [1.82, 2.24) is 0 Å². The van der Waals surface area contributed by atoms with E-state index in [1.54, 1.807) is 0 Å². The minimum absolute atomic E-state index is 0.106. The molecule has 0 aromatic heterocycles. The second-order valence-corrected chi connectivity index (χ2v) is 7.95.